The molecule has 13 aromatic rings. The summed E-state index contributed by atoms with van der Waals surface area (Å²) in [4.78, 5) is 15.2. The van der Waals surface area contributed by atoms with Crippen molar-refractivity contribution in [2.75, 3.05) is 0 Å². The Morgan fingerprint density at radius 1 is 0.478 bits per heavy atom. The van der Waals surface area contributed by atoms with Gasteiger partial charge in [-0.25, -0.2) is 9.97 Å². The predicted octanol–water partition coefficient (Wildman–Crippen LogP) is 15.5. The largest absolute Gasteiger partial charge is 0.314 e. The van der Waals surface area contributed by atoms with Crippen molar-refractivity contribution in [1.82, 2.24) is 28.7 Å². The SMILES string of the molecule is C=C(CC(C=N)c1ccc2c(c1)c1ncccc1n2-c1ccccc1)n1c2ccccc2c2cc(-c3ccc4c5ccccc5n(-c5cc(-c6ccccc6)nc(-c6ccccc6)n5)c4c3)ccc21. The first kappa shape index (κ1) is 40.1. The van der Waals surface area contributed by atoms with Gasteiger partial charge in [-0.05, 0) is 89.8 Å². The van der Waals surface area contributed by atoms with Crippen LogP contribution in [0, 0.1) is 5.41 Å². The number of hydrogen-bond acceptors (Lipinski definition) is 4. The Kier molecular flexibility index (Phi) is 9.47. The number of para-hydroxylation sites is 3. The van der Waals surface area contributed by atoms with Crippen LogP contribution < -0.4 is 0 Å². The molecule has 1 atom stereocenters. The third-order valence-electron chi connectivity index (χ3n) is 13.7. The van der Waals surface area contributed by atoms with E-state index in [0.29, 0.717) is 12.2 Å². The lowest BCUT2D eigenvalue weighted by atomic mass is 9.94. The zero-order chi connectivity index (χ0) is 46.0. The fourth-order valence-corrected chi connectivity index (χ4v) is 10.5. The van der Waals surface area contributed by atoms with E-state index in [4.69, 9.17) is 26.9 Å². The number of benzene rings is 8. The Hall–Kier alpha value is -9.20. The minimum absolute atomic E-state index is 0.197. The van der Waals surface area contributed by atoms with Gasteiger partial charge in [0.2, 0.25) is 0 Å². The normalized spacial score (nSPS) is 12.2. The summed E-state index contributed by atoms with van der Waals surface area (Å²) < 4.78 is 6.85. The van der Waals surface area contributed by atoms with Crippen LogP contribution >= 0.6 is 0 Å². The highest BCUT2D eigenvalue weighted by Crippen LogP contribution is 2.40. The van der Waals surface area contributed by atoms with E-state index in [1.807, 2.05) is 42.6 Å². The molecule has 0 aliphatic rings. The molecule has 0 fully saturated rings. The van der Waals surface area contributed by atoms with Crippen molar-refractivity contribution in [2.24, 2.45) is 0 Å². The molecule has 0 bridgehead atoms. The van der Waals surface area contributed by atoms with Gasteiger partial charge in [-0.2, -0.15) is 0 Å². The van der Waals surface area contributed by atoms with Crippen molar-refractivity contribution < 1.29 is 0 Å². The van der Waals surface area contributed by atoms with E-state index in [9.17, 15) is 0 Å². The van der Waals surface area contributed by atoms with E-state index in [1.54, 1.807) is 6.21 Å². The Labute approximate surface area is 398 Å². The molecule has 0 aliphatic heterocycles. The molecule has 1 unspecified atom stereocenters. The fraction of sp³-hybridized carbons (Fsp3) is 0.0323. The number of nitrogens with zero attached hydrogens (tertiary/aromatic N) is 6. The zero-order valence-electron chi connectivity index (χ0n) is 37.5. The molecule has 7 nitrogen and oxygen atoms in total. The van der Waals surface area contributed by atoms with Crippen LogP contribution in [0.1, 0.15) is 17.9 Å². The lowest BCUT2D eigenvalue weighted by molar-refractivity contribution is 0.900. The molecule has 0 amide bonds. The highest BCUT2D eigenvalue weighted by molar-refractivity contribution is 6.13. The third kappa shape index (κ3) is 6.66. The fourth-order valence-electron chi connectivity index (χ4n) is 10.5. The highest BCUT2D eigenvalue weighted by atomic mass is 15.1. The molecule has 8 aromatic carbocycles. The lowest BCUT2D eigenvalue weighted by Gasteiger charge is -2.17. The molecule has 0 aliphatic carbocycles. The molecule has 0 saturated heterocycles. The molecule has 0 radical (unpaired) electrons. The summed E-state index contributed by atoms with van der Waals surface area (Å²) >= 11 is 0. The maximum atomic E-state index is 8.73. The molecule has 5 aromatic heterocycles. The van der Waals surface area contributed by atoms with Crippen LogP contribution in [0.2, 0.25) is 0 Å². The van der Waals surface area contributed by atoms with Crippen molar-refractivity contribution in [1.29, 1.82) is 5.41 Å². The Morgan fingerprint density at radius 2 is 1.09 bits per heavy atom. The molecule has 13 rings (SSSR count). The van der Waals surface area contributed by atoms with E-state index in [1.165, 1.54) is 0 Å². The summed E-state index contributed by atoms with van der Waals surface area (Å²) in [5.41, 5.74) is 15.6. The summed E-state index contributed by atoms with van der Waals surface area (Å²) in [7, 11) is 0. The summed E-state index contributed by atoms with van der Waals surface area (Å²) in [6, 6.07) is 74.5. The van der Waals surface area contributed by atoms with Gasteiger partial charge in [0.15, 0.2) is 5.82 Å². The molecule has 0 spiro atoms. The van der Waals surface area contributed by atoms with Crippen LogP contribution in [0.3, 0.4) is 0 Å². The average Bonchev–Trinajstić information content (AvgIpc) is 4.06. The second-order valence-corrected chi connectivity index (χ2v) is 17.7. The molecule has 1 N–H and O–H groups in total. The first-order valence-corrected chi connectivity index (χ1v) is 23.3. The van der Waals surface area contributed by atoms with Gasteiger partial charge in [0.05, 0.1) is 44.3 Å². The minimum Gasteiger partial charge on any atom is -0.314 e. The van der Waals surface area contributed by atoms with Crippen molar-refractivity contribution >= 4 is 77.5 Å². The van der Waals surface area contributed by atoms with Gasteiger partial charge >= 0.3 is 0 Å². The maximum absolute atomic E-state index is 8.73. The monoisotopic (exact) mass is 885 g/mol. The summed E-state index contributed by atoms with van der Waals surface area (Å²) in [5.74, 6) is 1.29. The predicted molar refractivity (Wildman–Crippen MR) is 286 cm³/mol. The van der Waals surface area contributed by atoms with Gasteiger partial charge in [0.25, 0.3) is 0 Å². The van der Waals surface area contributed by atoms with E-state index >= 15 is 0 Å². The van der Waals surface area contributed by atoms with Gasteiger partial charge in [-0.15, -0.1) is 0 Å². The Balaban J connectivity index is 0.901. The smallest absolute Gasteiger partial charge is 0.162 e. The molecule has 7 heteroatoms. The van der Waals surface area contributed by atoms with Gasteiger partial charge in [-0.1, -0.05) is 146 Å². The number of rotatable bonds is 10. The summed E-state index contributed by atoms with van der Waals surface area (Å²) in [6.45, 7) is 4.72. The lowest BCUT2D eigenvalue weighted by Crippen LogP contribution is -2.05. The van der Waals surface area contributed by atoms with Crippen LogP contribution in [0.4, 0.5) is 0 Å². The molecular formula is C62H43N7. The van der Waals surface area contributed by atoms with E-state index < -0.39 is 0 Å². The molecule has 326 valence electrons. The second kappa shape index (κ2) is 16.3. The van der Waals surface area contributed by atoms with Gasteiger partial charge < -0.3 is 14.5 Å². The van der Waals surface area contributed by atoms with E-state index in [0.717, 1.165) is 116 Å². The van der Waals surface area contributed by atoms with E-state index in [-0.39, 0.29) is 5.92 Å². The van der Waals surface area contributed by atoms with Gasteiger partial charge in [0, 0.05) is 73.8 Å². The standard InChI is InChI=1S/C62H43N7/c1-40(34-46(39-63)44-29-32-57-52(36-44)61-58(26-15-33-64-61)68(57)47-20-9-4-10-21-47)67-54-24-13-12-23-49(54)51-35-43(28-31-56(51)67)45-27-30-50-48-22-11-14-25-55(48)69(59(50)37-45)60-38-53(41-16-5-2-6-17-41)65-62(66-60)42-18-7-3-8-19-42/h2-33,35-39,46,63H,1,34H2. The first-order chi connectivity index (χ1) is 34.1. The van der Waals surface area contributed by atoms with Gasteiger partial charge in [-0.3, -0.25) is 9.55 Å². The van der Waals surface area contributed by atoms with Crippen LogP contribution in [0.5, 0.6) is 0 Å². The average molecular weight is 886 g/mol. The first-order valence-electron chi connectivity index (χ1n) is 23.3. The maximum Gasteiger partial charge on any atom is 0.162 e. The summed E-state index contributed by atoms with van der Waals surface area (Å²) in [6.07, 6.45) is 3.98. The Bertz CT molecular complexity index is 4090. The number of pyridine rings is 1. The highest BCUT2D eigenvalue weighted by Gasteiger charge is 2.22. The van der Waals surface area contributed by atoms with Crippen LogP contribution in [-0.2, 0) is 0 Å². The molecular weight excluding hydrogens is 843 g/mol. The molecule has 0 saturated carbocycles. The van der Waals surface area contributed by atoms with Crippen molar-refractivity contribution in [3.63, 3.8) is 0 Å². The molecule has 5 heterocycles. The number of fused-ring (bicyclic) bond motifs is 9. The number of hydrogen-bond donors (Lipinski definition) is 1. The summed E-state index contributed by atoms with van der Waals surface area (Å²) in [5, 5.41) is 14.4. The zero-order valence-corrected chi connectivity index (χ0v) is 37.5. The third-order valence-corrected chi connectivity index (χ3v) is 13.7. The number of aromatic nitrogens is 6. The van der Waals surface area contributed by atoms with E-state index in [2.05, 4.69) is 190 Å². The van der Waals surface area contributed by atoms with Crippen molar-refractivity contribution in [2.45, 2.75) is 12.3 Å². The topological polar surface area (TPSA) is 77.3 Å². The second-order valence-electron chi connectivity index (χ2n) is 17.7. The van der Waals surface area contributed by atoms with Crippen LogP contribution in [0.15, 0.2) is 225 Å². The van der Waals surface area contributed by atoms with Crippen LogP contribution in [-0.4, -0.2) is 34.9 Å². The van der Waals surface area contributed by atoms with Crippen molar-refractivity contribution in [3.05, 3.63) is 231 Å². The minimum atomic E-state index is -0.197. The van der Waals surface area contributed by atoms with Crippen LogP contribution in [0.25, 0.3) is 117 Å². The van der Waals surface area contributed by atoms with Crippen molar-refractivity contribution in [3.8, 4) is 45.3 Å². The molecule has 69 heavy (non-hydrogen) atoms. The number of allylic oxidation sites excluding steroid dienone is 1. The number of nitrogens with one attached hydrogen (secondary N) is 1. The Morgan fingerprint density at radius 3 is 1.87 bits per heavy atom. The quantitative estimate of drug-likeness (QED) is 0.139. The van der Waals surface area contributed by atoms with Gasteiger partial charge in [0.1, 0.15) is 5.82 Å².